The largest absolute Gasteiger partial charge is 0.496 e. The number of ether oxygens (including phenoxy) is 1. The molecule has 0 heterocycles. The second-order valence-corrected chi connectivity index (χ2v) is 3.27. The molecule has 0 saturated heterocycles. The zero-order chi connectivity index (χ0) is 9.84. The summed E-state index contributed by atoms with van der Waals surface area (Å²) in [7, 11) is 1.49. The molecule has 0 bridgehead atoms. The Morgan fingerprint density at radius 1 is 1.62 bits per heavy atom. The minimum Gasteiger partial charge on any atom is -0.496 e. The Labute approximate surface area is 83.8 Å². The van der Waals surface area contributed by atoms with E-state index < -0.39 is 0 Å². The predicted octanol–water partition coefficient (Wildman–Crippen LogP) is 2.23. The Morgan fingerprint density at radius 2 is 2.31 bits per heavy atom. The van der Waals surface area contributed by atoms with Gasteiger partial charge in [-0.15, -0.1) is 0 Å². The van der Waals surface area contributed by atoms with E-state index in [-0.39, 0.29) is 11.5 Å². The van der Waals surface area contributed by atoms with Gasteiger partial charge in [0.1, 0.15) is 5.75 Å². The highest BCUT2D eigenvalue weighted by atomic mass is 79.9. The first-order valence-electron chi connectivity index (χ1n) is 3.58. The normalized spacial score (nSPS) is 9.69. The molecular formula is C8H8BrNO3. The number of benzene rings is 1. The molecule has 0 aliphatic rings. The van der Waals surface area contributed by atoms with Crippen LogP contribution in [-0.4, -0.2) is 12.0 Å². The van der Waals surface area contributed by atoms with Gasteiger partial charge < -0.3 is 4.74 Å². The van der Waals surface area contributed by atoms with Crippen LogP contribution in [-0.2, 0) is 6.54 Å². The maximum atomic E-state index is 10.3. The van der Waals surface area contributed by atoms with Crippen LogP contribution in [0.5, 0.6) is 5.75 Å². The molecule has 0 amide bonds. The van der Waals surface area contributed by atoms with E-state index >= 15 is 0 Å². The summed E-state index contributed by atoms with van der Waals surface area (Å²) in [6, 6.07) is 5.22. The van der Waals surface area contributed by atoms with Crippen LogP contribution in [0.15, 0.2) is 22.7 Å². The Kier molecular flexibility index (Phi) is 3.25. The van der Waals surface area contributed by atoms with Gasteiger partial charge in [-0.1, -0.05) is 22.0 Å². The van der Waals surface area contributed by atoms with Crippen LogP contribution in [0.25, 0.3) is 0 Å². The summed E-state index contributed by atoms with van der Waals surface area (Å²) in [5, 5.41) is 10.3. The third-order valence-corrected chi connectivity index (χ3v) is 2.33. The van der Waals surface area contributed by atoms with E-state index in [1.807, 2.05) is 0 Å². The van der Waals surface area contributed by atoms with Crippen LogP contribution < -0.4 is 4.74 Å². The number of methoxy groups -OCH3 is 1. The molecule has 0 spiro atoms. The van der Waals surface area contributed by atoms with E-state index in [1.165, 1.54) is 7.11 Å². The lowest BCUT2D eigenvalue weighted by Crippen LogP contribution is -2.01. The lowest BCUT2D eigenvalue weighted by atomic mass is 10.2. The quantitative estimate of drug-likeness (QED) is 0.607. The highest BCUT2D eigenvalue weighted by Gasteiger charge is 2.12. The molecule has 0 radical (unpaired) electrons. The summed E-state index contributed by atoms with van der Waals surface area (Å²) in [5.41, 5.74) is 0.565. The molecule has 0 atom stereocenters. The molecule has 0 N–H and O–H groups in total. The highest BCUT2D eigenvalue weighted by molar-refractivity contribution is 9.10. The van der Waals surface area contributed by atoms with Crippen molar-refractivity contribution in [1.82, 2.24) is 0 Å². The van der Waals surface area contributed by atoms with Crippen LogP contribution >= 0.6 is 15.9 Å². The molecule has 1 aromatic rings. The first kappa shape index (κ1) is 9.98. The van der Waals surface area contributed by atoms with Crippen LogP contribution in [0, 0.1) is 10.1 Å². The number of hydrogen-bond acceptors (Lipinski definition) is 3. The van der Waals surface area contributed by atoms with E-state index in [0.717, 1.165) is 0 Å². The summed E-state index contributed by atoms with van der Waals surface area (Å²) < 4.78 is 5.69. The van der Waals surface area contributed by atoms with Crippen molar-refractivity contribution < 1.29 is 9.66 Å². The molecule has 0 aliphatic carbocycles. The van der Waals surface area contributed by atoms with Crippen molar-refractivity contribution in [2.75, 3.05) is 7.11 Å². The zero-order valence-corrected chi connectivity index (χ0v) is 8.58. The average molecular weight is 246 g/mol. The van der Waals surface area contributed by atoms with Crippen molar-refractivity contribution in [2.45, 2.75) is 6.54 Å². The van der Waals surface area contributed by atoms with E-state index in [0.29, 0.717) is 15.8 Å². The highest BCUT2D eigenvalue weighted by Crippen LogP contribution is 2.26. The first-order valence-corrected chi connectivity index (χ1v) is 4.37. The van der Waals surface area contributed by atoms with Gasteiger partial charge in [0.05, 0.1) is 12.7 Å². The lowest BCUT2D eigenvalue weighted by Gasteiger charge is -2.05. The fourth-order valence-corrected chi connectivity index (χ4v) is 1.49. The summed E-state index contributed by atoms with van der Waals surface area (Å²) in [4.78, 5) is 9.93. The molecule has 4 nitrogen and oxygen atoms in total. The number of nitrogens with zero attached hydrogens (tertiary/aromatic N) is 1. The van der Waals surface area contributed by atoms with Crippen molar-refractivity contribution in [3.63, 3.8) is 0 Å². The van der Waals surface area contributed by atoms with Crippen molar-refractivity contribution in [3.8, 4) is 5.75 Å². The molecule has 0 aliphatic heterocycles. The van der Waals surface area contributed by atoms with Gasteiger partial charge >= 0.3 is 0 Å². The van der Waals surface area contributed by atoms with Crippen molar-refractivity contribution in [2.24, 2.45) is 0 Å². The summed E-state index contributed by atoms with van der Waals surface area (Å²) >= 11 is 3.23. The van der Waals surface area contributed by atoms with Gasteiger partial charge in [-0.2, -0.15) is 0 Å². The molecule has 0 fully saturated rings. The Morgan fingerprint density at radius 3 is 2.85 bits per heavy atom. The standard InChI is InChI=1S/C8H8BrNO3/c1-13-8-4-2-3-7(9)6(8)5-10(11)12/h2-4H,5H2,1H3. The van der Waals surface area contributed by atoms with Gasteiger partial charge in [-0.05, 0) is 12.1 Å². The maximum Gasteiger partial charge on any atom is 0.233 e. The molecule has 0 unspecified atom stereocenters. The van der Waals surface area contributed by atoms with Crippen LogP contribution in [0.4, 0.5) is 0 Å². The van der Waals surface area contributed by atoms with Crippen LogP contribution in [0.1, 0.15) is 5.56 Å². The monoisotopic (exact) mass is 245 g/mol. The Hall–Kier alpha value is -1.10. The van der Waals surface area contributed by atoms with Crippen molar-refractivity contribution in [1.29, 1.82) is 0 Å². The second-order valence-electron chi connectivity index (χ2n) is 2.41. The van der Waals surface area contributed by atoms with E-state index in [4.69, 9.17) is 4.74 Å². The van der Waals surface area contributed by atoms with Crippen molar-refractivity contribution >= 4 is 15.9 Å². The summed E-state index contributed by atoms with van der Waals surface area (Å²) in [5.74, 6) is 0.533. The van der Waals surface area contributed by atoms with Gasteiger partial charge in [0.25, 0.3) is 0 Å². The molecule has 70 valence electrons. The molecule has 1 rings (SSSR count). The first-order chi connectivity index (χ1) is 6.15. The number of rotatable bonds is 3. The molecule has 5 heteroatoms. The van der Waals surface area contributed by atoms with Gasteiger partial charge in [0.15, 0.2) is 0 Å². The molecule has 13 heavy (non-hydrogen) atoms. The average Bonchev–Trinajstić information content (AvgIpc) is 2.08. The van der Waals surface area contributed by atoms with Gasteiger partial charge in [0.2, 0.25) is 6.54 Å². The molecule has 0 aromatic heterocycles. The molecule has 1 aromatic carbocycles. The van der Waals surface area contributed by atoms with E-state index in [2.05, 4.69) is 15.9 Å². The SMILES string of the molecule is COc1cccc(Br)c1C[N+](=O)[O-]. The predicted molar refractivity (Wildman–Crippen MR) is 51.4 cm³/mol. The van der Waals surface area contributed by atoms with E-state index in [1.54, 1.807) is 18.2 Å². The zero-order valence-electron chi connectivity index (χ0n) is 6.99. The molecule has 0 saturated carbocycles. The van der Waals surface area contributed by atoms with Gasteiger partial charge in [0, 0.05) is 9.40 Å². The summed E-state index contributed by atoms with van der Waals surface area (Å²) in [6.07, 6.45) is 0. The Balaban J connectivity index is 3.07. The summed E-state index contributed by atoms with van der Waals surface area (Å²) in [6.45, 7) is -0.232. The fraction of sp³-hybridized carbons (Fsp3) is 0.250. The van der Waals surface area contributed by atoms with Crippen LogP contribution in [0.3, 0.4) is 0 Å². The Bertz CT molecular complexity index is 327. The van der Waals surface area contributed by atoms with Crippen LogP contribution in [0.2, 0.25) is 0 Å². The van der Waals surface area contributed by atoms with Gasteiger partial charge in [-0.3, -0.25) is 10.1 Å². The number of hydrogen-bond donors (Lipinski definition) is 0. The van der Waals surface area contributed by atoms with E-state index in [9.17, 15) is 10.1 Å². The lowest BCUT2D eigenvalue weighted by molar-refractivity contribution is -0.497. The fourth-order valence-electron chi connectivity index (χ4n) is 1.01. The smallest absolute Gasteiger partial charge is 0.233 e. The molecular weight excluding hydrogens is 238 g/mol. The van der Waals surface area contributed by atoms with Gasteiger partial charge in [-0.25, -0.2) is 0 Å². The topological polar surface area (TPSA) is 52.4 Å². The third kappa shape index (κ3) is 2.42. The minimum atomic E-state index is -0.386. The second kappa shape index (κ2) is 4.23. The minimum absolute atomic E-state index is 0.232. The van der Waals surface area contributed by atoms with Crippen molar-refractivity contribution in [3.05, 3.63) is 38.3 Å². The third-order valence-electron chi connectivity index (χ3n) is 1.58. The maximum absolute atomic E-state index is 10.3. The number of halogens is 1. The number of nitro groups is 1.